The third-order valence-electron chi connectivity index (χ3n) is 2.34. The molecule has 4 nitrogen and oxygen atoms in total. The lowest BCUT2D eigenvalue weighted by molar-refractivity contribution is -0.387. The van der Waals surface area contributed by atoms with Crippen molar-refractivity contribution in [2.45, 2.75) is 6.42 Å². The number of carboxylic acid groups (broad SMARTS) is 1. The molecule has 15 heavy (non-hydrogen) atoms. The van der Waals surface area contributed by atoms with E-state index in [0.29, 0.717) is 18.7 Å². The first kappa shape index (κ1) is 11.5. The molecule has 0 spiro atoms. The molecule has 0 fully saturated rings. The Bertz CT molecular complexity index is 338. The zero-order valence-electron chi connectivity index (χ0n) is 8.73. The summed E-state index contributed by atoms with van der Waals surface area (Å²) in [5.41, 5.74) is 4.47. The van der Waals surface area contributed by atoms with E-state index in [0.717, 1.165) is 5.56 Å². The molecule has 0 aliphatic heterocycles. The molecule has 4 heteroatoms. The first-order valence-corrected chi connectivity index (χ1v) is 4.81. The SMILES string of the molecule is COc1ccccc1C[C@@H](C[NH3+])C(=O)[O-]. The fourth-order valence-electron chi connectivity index (χ4n) is 1.44. The van der Waals surface area contributed by atoms with Crippen LogP contribution in [-0.4, -0.2) is 19.6 Å². The highest BCUT2D eigenvalue weighted by Crippen LogP contribution is 2.20. The van der Waals surface area contributed by atoms with Gasteiger partial charge in [0.1, 0.15) is 5.75 Å². The topological polar surface area (TPSA) is 77.0 Å². The number of aliphatic carboxylic acids is 1. The standard InChI is InChI=1S/C11H15NO3/c1-15-10-5-3-2-4-8(10)6-9(7-12)11(13)14/h2-5,9H,6-7,12H2,1H3,(H,13,14)/t9-/m0/s1. The van der Waals surface area contributed by atoms with Crippen molar-refractivity contribution in [3.05, 3.63) is 29.8 Å². The van der Waals surface area contributed by atoms with Crippen LogP contribution in [0.25, 0.3) is 0 Å². The molecule has 0 heterocycles. The Kier molecular flexibility index (Phi) is 4.12. The van der Waals surface area contributed by atoms with E-state index >= 15 is 0 Å². The molecule has 0 saturated heterocycles. The maximum Gasteiger partial charge on any atom is 0.122 e. The lowest BCUT2D eigenvalue weighted by Gasteiger charge is -2.15. The van der Waals surface area contributed by atoms with Gasteiger partial charge >= 0.3 is 0 Å². The summed E-state index contributed by atoms with van der Waals surface area (Å²) in [6.07, 6.45) is 0.399. The van der Waals surface area contributed by atoms with Gasteiger partial charge in [-0.15, -0.1) is 0 Å². The van der Waals surface area contributed by atoms with Crippen molar-refractivity contribution < 1.29 is 20.4 Å². The number of carbonyl (C=O) groups excluding carboxylic acids is 1. The van der Waals surface area contributed by atoms with Crippen LogP contribution < -0.4 is 15.6 Å². The third kappa shape index (κ3) is 2.95. The van der Waals surface area contributed by atoms with Crippen molar-refractivity contribution in [2.75, 3.05) is 13.7 Å². The molecule has 82 valence electrons. The van der Waals surface area contributed by atoms with Crippen molar-refractivity contribution in [1.82, 2.24) is 0 Å². The van der Waals surface area contributed by atoms with Gasteiger partial charge in [-0.2, -0.15) is 0 Å². The number of hydrogen-bond donors (Lipinski definition) is 1. The highest BCUT2D eigenvalue weighted by atomic mass is 16.5. The first-order chi connectivity index (χ1) is 7.19. The monoisotopic (exact) mass is 209 g/mol. The number of para-hydroxylation sites is 1. The third-order valence-corrected chi connectivity index (χ3v) is 2.34. The van der Waals surface area contributed by atoms with Crippen molar-refractivity contribution in [3.8, 4) is 5.75 Å². The van der Waals surface area contributed by atoms with Crippen LogP contribution in [0, 0.1) is 5.92 Å². The second kappa shape index (κ2) is 5.36. The van der Waals surface area contributed by atoms with Crippen LogP contribution in [0.2, 0.25) is 0 Å². The Morgan fingerprint density at radius 2 is 2.20 bits per heavy atom. The molecule has 0 unspecified atom stereocenters. The quantitative estimate of drug-likeness (QED) is 0.665. The highest BCUT2D eigenvalue weighted by Gasteiger charge is 2.13. The van der Waals surface area contributed by atoms with Gasteiger partial charge in [0.2, 0.25) is 0 Å². The number of benzene rings is 1. The van der Waals surface area contributed by atoms with E-state index in [9.17, 15) is 9.90 Å². The number of rotatable bonds is 5. The van der Waals surface area contributed by atoms with E-state index in [1.165, 1.54) is 0 Å². The van der Waals surface area contributed by atoms with Crippen LogP contribution in [-0.2, 0) is 11.2 Å². The van der Waals surface area contributed by atoms with Gasteiger partial charge in [0.15, 0.2) is 0 Å². The molecule has 0 aliphatic carbocycles. The Hall–Kier alpha value is -1.55. The molecule has 1 rings (SSSR count). The minimum Gasteiger partial charge on any atom is -0.550 e. The first-order valence-electron chi connectivity index (χ1n) is 4.81. The molecule has 1 aromatic carbocycles. The second-order valence-electron chi connectivity index (χ2n) is 3.32. The van der Waals surface area contributed by atoms with Crippen LogP contribution in [0.4, 0.5) is 0 Å². The zero-order chi connectivity index (χ0) is 11.3. The Labute approximate surface area is 88.7 Å². The van der Waals surface area contributed by atoms with Crippen LogP contribution in [0.3, 0.4) is 0 Å². The molecular weight excluding hydrogens is 194 g/mol. The summed E-state index contributed by atoms with van der Waals surface area (Å²) in [5, 5.41) is 10.7. The second-order valence-corrected chi connectivity index (χ2v) is 3.32. The Morgan fingerprint density at radius 3 is 2.73 bits per heavy atom. The van der Waals surface area contributed by atoms with Gasteiger partial charge in [-0.05, 0) is 18.1 Å². The molecule has 0 amide bonds. The van der Waals surface area contributed by atoms with Gasteiger partial charge in [-0.3, -0.25) is 0 Å². The van der Waals surface area contributed by atoms with Crippen molar-refractivity contribution >= 4 is 5.97 Å². The maximum atomic E-state index is 10.7. The summed E-state index contributed by atoms with van der Waals surface area (Å²) >= 11 is 0. The molecule has 0 aromatic heterocycles. The summed E-state index contributed by atoms with van der Waals surface area (Å²) in [6, 6.07) is 7.36. The average Bonchev–Trinajstić information content (AvgIpc) is 2.25. The fourth-order valence-corrected chi connectivity index (χ4v) is 1.44. The largest absolute Gasteiger partial charge is 0.550 e. The van der Waals surface area contributed by atoms with Gasteiger partial charge in [-0.1, -0.05) is 18.2 Å². The highest BCUT2D eigenvalue weighted by molar-refractivity contribution is 5.68. The number of methoxy groups -OCH3 is 1. The van der Waals surface area contributed by atoms with Crippen LogP contribution in [0.1, 0.15) is 5.56 Å². The minimum atomic E-state index is -1.06. The van der Waals surface area contributed by atoms with E-state index in [2.05, 4.69) is 5.73 Å². The lowest BCUT2D eigenvalue weighted by atomic mass is 9.99. The summed E-state index contributed by atoms with van der Waals surface area (Å²) in [4.78, 5) is 10.7. The van der Waals surface area contributed by atoms with Crippen LogP contribution in [0.15, 0.2) is 24.3 Å². The van der Waals surface area contributed by atoms with E-state index in [1.54, 1.807) is 7.11 Å². The van der Waals surface area contributed by atoms with Crippen LogP contribution in [0.5, 0.6) is 5.75 Å². The fraction of sp³-hybridized carbons (Fsp3) is 0.364. The summed E-state index contributed by atoms with van der Waals surface area (Å²) in [7, 11) is 1.57. The number of quaternary nitrogens is 1. The van der Waals surface area contributed by atoms with E-state index < -0.39 is 11.9 Å². The van der Waals surface area contributed by atoms with Gasteiger partial charge in [-0.25, -0.2) is 0 Å². The lowest BCUT2D eigenvalue weighted by Crippen LogP contribution is -2.57. The van der Waals surface area contributed by atoms with E-state index in [-0.39, 0.29) is 0 Å². The van der Waals surface area contributed by atoms with Crippen molar-refractivity contribution in [2.24, 2.45) is 5.92 Å². The van der Waals surface area contributed by atoms with Gasteiger partial charge in [0.25, 0.3) is 0 Å². The maximum absolute atomic E-state index is 10.7. The summed E-state index contributed by atoms with van der Waals surface area (Å²) < 4.78 is 5.14. The van der Waals surface area contributed by atoms with Gasteiger partial charge in [0.05, 0.1) is 25.5 Å². The van der Waals surface area contributed by atoms with Crippen molar-refractivity contribution in [1.29, 1.82) is 0 Å². The molecule has 1 atom stereocenters. The van der Waals surface area contributed by atoms with Crippen LogP contribution >= 0.6 is 0 Å². The normalized spacial score (nSPS) is 12.1. The average molecular weight is 209 g/mol. The molecule has 0 radical (unpaired) electrons. The molecular formula is C11H15NO3. The van der Waals surface area contributed by atoms with Gasteiger partial charge < -0.3 is 20.4 Å². The number of carbonyl (C=O) groups is 1. The Balaban J connectivity index is 2.82. The molecule has 0 saturated carbocycles. The number of ether oxygens (including phenoxy) is 1. The smallest absolute Gasteiger partial charge is 0.122 e. The minimum absolute atomic E-state index is 0.320. The Morgan fingerprint density at radius 1 is 1.53 bits per heavy atom. The molecule has 0 bridgehead atoms. The van der Waals surface area contributed by atoms with E-state index in [4.69, 9.17) is 4.74 Å². The predicted octanol–water partition coefficient (Wildman–Crippen LogP) is -1.15. The number of hydrogen-bond acceptors (Lipinski definition) is 3. The molecule has 3 N–H and O–H groups in total. The summed E-state index contributed by atoms with van der Waals surface area (Å²) in [5.74, 6) is -0.908. The summed E-state index contributed by atoms with van der Waals surface area (Å²) in [6.45, 7) is 0.320. The molecule has 0 aliphatic rings. The number of carboxylic acids is 1. The van der Waals surface area contributed by atoms with Crippen molar-refractivity contribution in [3.63, 3.8) is 0 Å². The predicted molar refractivity (Wildman–Crippen MR) is 53.0 cm³/mol. The van der Waals surface area contributed by atoms with Gasteiger partial charge in [0, 0.05) is 0 Å². The zero-order valence-corrected chi connectivity index (χ0v) is 8.73. The van der Waals surface area contributed by atoms with E-state index in [1.807, 2.05) is 24.3 Å². The molecule has 1 aromatic rings.